The SMILES string of the molecule is CCCCCCOc1ccc(NC(=O)[C@@H](CC)Oc2ccccc2)cc1. The van der Waals surface area contributed by atoms with Gasteiger partial charge in [-0.15, -0.1) is 0 Å². The van der Waals surface area contributed by atoms with E-state index in [0.717, 1.165) is 24.5 Å². The van der Waals surface area contributed by atoms with Crippen molar-refractivity contribution < 1.29 is 14.3 Å². The first-order valence-corrected chi connectivity index (χ1v) is 9.48. The third-order valence-electron chi connectivity index (χ3n) is 4.07. The molecule has 4 nitrogen and oxygen atoms in total. The zero-order valence-electron chi connectivity index (χ0n) is 15.7. The normalized spacial score (nSPS) is 11.6. The van der Waals surface area contributed by atoms with Gasteiger partial charge in [-0.1, -0.05) is 51.3 Å². The molecule has 0 aliphatic rings. The van der Waals surface area contributed by atoms with Gasteiger partial charge < -0.3 is 14.8 Å². The van der Waals surface area contributed by atoms with Gasteiger partial charge in [-0.25, -0.2) is 0 Å². The van der Waals surface area contributed by atoms with E-state index >= 15 is 0 Å². The number of para-hydroxylation sites is 1. The fourth-order valence-corrected chi connectivity index (χ4v) is 2.56. The minimum atomic E-state index is -0.521. The van der Waals surface area contributed by atoms with Crippen molar-refractivity contribution in [2.45, 2.75) is 52.1 Å². The lowest BCUT2D eigenvalue weighted by molar-refractivity contribution is -0.122. The molecular formula is C22H29NO3. The highest BCUT2D eigenvalue weighted by molar-refractivity contribution is 5.94. The highest BCUT2D eigenvalue weighted by Crippen LogP contribution is 2.18. The van der Waals surface area contributed by atoms with E-state index in [0.29, 0.717) is 12.2 Å². The summed E-state index contributed by atoms with van der Waals surface area (Å²) in [5.74, 6) is 1.37. The summed E-state index contributed by atoms with van der Waals surface area (Å²) in [7, 11) is 0. The Bertz CT molecular complexity index is 640. The predicted molar refractivity (Wildman–Crippen MR) is 106 cm³/mol. The number of hydrogen-bond donors (Lipinski definition) is 1. The van der Waals surface area contributed by atoms with Crippen molar-refractivity contribution >= 4 is 11.6 Å². The topological polar surface area (TPSA) is 47.6 Å². The minimum Gasteiger partial charge on any atom is -0.494 e. The summed E-state index contributed by atoms with van der Waals surface area (Å²) in [4.78, 5) is 12.4. The molecule has 2 rings (SSSR count). The van der Waals surface area contributed by atoms with E-state index in [1.165, 1.54) is 19.3 Å². The molecule has 1 amide bonds. The van der Waals surface area contributed by atoms with E-state index in [9.17, 15) is 4.79 Å². The first-order valence-electron chi connectivity index (χ1n) is 9.48. The summed E-state index contributed by atoms with van der Waals surface area (Å²) in [5, 5.41) is 2.90. The van der Waals surface area contributed by atoms with Crippen molar-refractivity contribution in [3.05, 3.63) is 54.6 Å². The molecule has 2 aromatic rings. The van der Waals surface area contributed by atoms with Gasteiger partial charge in [0, 0.05) is 5.69 Å². The number of hydrogen-bond acceptors (Lipinski definition) is 3. The number of carbonyl (C=O) groups is 1. The Morgan fingerprint density at radius 1 is 0.923 bits per heavy atom. The van der Waals surface area contributed by atoms with E-state index < -0.39 is 6.10 Å². The van der Waals surface area contributed by atoms with Crippen molar-refractivity contribution in [2.24, 2.45) is 0 Å². The fourth-order valence-electron chi connectivity index (χ4n) is 2.56. The predicted octanol–water partition coefficient (Wildman–Crippen LogP) is 5.44. The lowest BCUT2D eigenvalue weighted by atomic mass is 10.2. The van der Waals surface area contributed by atoms with Crippen molar-refractivity contribution in [3.63, 3.8) is 0 Å². The first-order chi connectivity index (χ1) is 12.7. The monoisotopic (exact) mass is 355 g/mol. The van der Waals surface area contributed by atoms with Crippen LogP contribution >= 0.6 is 0 Å². The zero-order valence-corrected chi connectivity index (χ0v) is 15.7. The van der Waals surface area contributed by atoms with Crippen LogP contribution in [0.5, 0.6) is 11.5 Å². The maximum Gasteiger partial charge on any atom is 0.265 e. The Morgan fingerprint density at radius 3 is 2.31 bits per heavy atom. The van der Waals surface area contributed by atoms with Crippen LogP contribution in [0.2, 0.25) is 0 Å². The number of ether oxygens (including phenoxy) is 2. The molecule has 0 heterocycles. The van der Waals surface area contributed by atoms with Gasteiger partial charge in [-0.05, 0) is 49.2 Å². The molecule has 0 unspecified atom stereocenters. The molecular weight excluding hydrogens is 326 g/mol. The maximum atomic E-state index is 12.4. The Kier molecular flexibility index (Phi) is 8.53. The fraction of sp³-hybridized carbons (Fsp3) is 0.409. The van der Waals surface area contributed by atoms with Crippen molar-refractivity contribution in [2.75, 3.05) is 11.9 Å². The van der Waals surface area contributed by atoms with Crippen LogP contribution in [-0.2, 0) is 4.79 Å². The van der Waals surface area contributed by atoms with Crippen LogP contribution in [0.15, 0.2) is 54.6 Å². The van der Waals surface area contributed by atoms with Gasteiger partial charge in [0.1, 0.15) is 11.5 Å². The first kappa shape index (κ1) is 19.8. The summed E-state index contributed by atoms with van der Waals surface area (Å²) in [6.45, 7) is 4.86. The summed E-state index contributed by atoms with van der Waals surface area (Å²) >= 11 is 0. The molecule has 0 aliphatic carbocycles. The van der Waals surface area contributed by atoms with Crippen LogP contribution < -0.4 is 14.8 Å². The number of unbranched alkanes of at least 4 members (excludes halogenated alkanes) is 3. The smallest absolute Gasteiger partial charge is 0.265 e. The van der Waals surface area contributed by atoms with Crippen LogP contribution in [0, 0.1) is 0 Å². The zero-order chi connectivity index (χ0) is 18.6. The highest BCUT2D eigenvalue weighted by Gasteiger charge is 2.18. The van der Waals surface area contributed by atoms with Crippen molar-refractivity contribution in [3.8, 4) is 11.5 Å². The minimum absolute atomic E-state index is 0.149. The van der Waals surface area contributed by atoms with Gasteiger partial charge in [0.2, 0.25) is 0 Å². The summed E-state index contributed by atoms with van der Waals surface area (Å²) < 4.78 is 11.5. The Labute approximate surface area is 156 Å². The third kappa shape index (κ3) is 6.79. The van der Waals surface area contributed by atoms with Gasteiger partial charge in [0.25, 0.3) is 5.91 Å². The molecule has 2 aromatic carbocycles. The van der Waals surface area contributed by atoms with Crippen molar-refractivity contribution in [1.29, 1.82) is 0 Å². The van der Waals surface area contributed by atoms with Crippen LogP contribution in [0.25, 0.3) is 0 Å². The van der Waals surface area contributed by atoms with Crippen LogP contribution in [0.4, 0.5) is 5.69 Å². The number of carbonyl (C=O) groups excluding carboxylic acids is 1. The third-order valence-corrected chi connectivity index (χ3v) is 4.07. The summed E-state index contributed by atoms with van der Waals surface area (Å²) in [6.07, 6.45) is 4.82. The van der Waals surface area contributed by atoms with Gasteiger partial charge >= 0.3 is 0 Å². The number of rotatable bonds is 11. The van der Waals surface area contributed by atoms with Crippen LogP contribution in [0.3, 0.4) is 0 Å². The molecule has 0 radical (unpaired) electrons. The van der Waals surface area contributed by atoms with E-state index in [2.05, 4.69) is 12.2 Å². The van der Waals surface area contributed by atoms with Crippen LogP contribution in [0.1, 0.15) is 46.0 Å². The second-order valence-corrected chi connectivity index (χ2v) is 6.25. The lowest BCUT2D eigenvalue weighted by Gasteiger charge is -2.17. The average Bonchev–Trinajstić information content (AvgIpc) is 2.68. The molecule has 0 spiro atoms. The summed E-state index contributed by atoms with van der Waals surface area (Å²) in [6, 6.07) is 16.9. The van der Waals surface area contributed by atoms with E-state index in [4.69, 9.17) is 9.47 Å². The van der Waals surface area contributed by atoms with Gasteiger partial charge in [0.05, 0.1) is 6.61 Å². The Hall–Kier alpha value is -2.49. The Balaban J connectivity index is 1.82. The molecule has 140 valence electrons. The van der Waals surface area contributed by atoms with Gasteiger partial charge in [-0.3, -0.25) is 4.79 Å². The van der Waals surface area contributed by atoms with Gasteiger partial charge in [-0.2, -0.15) is 0 Å². The molecule has 4 heteroatoms. The van der Waals surface area contributed by atoms with E-state index in [-0.39, 0.29) is 5.91 Å². The van der Waals surface area contributed by atoms with Crippen LogP contribution in [-0.4, -0.2) is 18.6 Å². The largest absolute Gasteiger partial charge is 0.494 e. The molecule has 26 heavy (non-hydrogen) atoms. The summed E-state index contributed by atoms with van der Waals surface area (Å²) in [5.41, 5.74) is 0.739. The number of anilines is 1. The number of nitrogens with one attached hydrogen (secondary N) is 1. The van der Waals surface area contributed by atoms with E-state index in [1.54, 1.807) is 0 Å². The molecule has 0 aromatic heterocycles. The molecule has 1 atom stereocenters. The van der Waals surface area contributed by atoms with Gasteiger partial charge in [0.15, 0.2) is 6.10 Å². The average molecular weight is 355 g/mol. The number of benzene rings is 2. The van der Waals surface area contributed by atoms with E-state index in [1.807, 2.05) is 61.5 Å². The molecule has 0 saturated carbocycles. The molecule has 1 N–H and O–H groups in total. The second-order valence-electron chi connectivity index (χ2n) is 6.25. The maximum absolute atomic E-state index is 12.4. The second kappa shape index (κ2) is 11.2. The highest BCUT2D eigenvalue weighted by atomic mass is 16.5. The Morgan fingerprint density at radius 2 is 1.65 bits per heavy atom. The number of amides is 1. The van der Waals surface area contributed by atoms with Crippen molar-refractivity contribution in [1.82, 2.24) is 0 Å². The molecule has 0 fully saturated rings. The lowest BCUT2D eigenvalue weighted by Crippen LogP contribution is -2.32. The molecule has 0 bridgehead atoms. The molecule has 0 aliphatic heterocycles. The molecule has 0 saturated heterocycles. The quantitative estimate of drug-likeness (QED) is 0.546. The standard InChI is InChI=1S/C22H29NO3/c1-3-5-6-10-17-25-19-15-13-18(14-16-19)23-22(24)21(4-2)26-20-11-8-7-9-12-20/h7-9,11-16,21H,3-6,10,17H2,1-2H3,(H,23,24)/t21-/m1/s1.